The topological polar surface area (TPSA) is 64.1 Å². The number of aromatic nitrogens is 2. The van der Waals surface area contributed by atoms with Crippen LogP contribution in [0.3, 0.4) is 0 Å². The van der Waals surface area contributed by atoms with Crippen LogP contribution in [0.2, 0.25) is 0 Å². The second kappa shape index (κ2) is 9.15. The standard InChI is InChI=1S/C17H21N3O2S/c1-13(2)8-9-18-15(21)12-23-17-16(19-10-11-20-17)22-14-6-4-3-5-7-14/h3-7,10-11,13H,8-9,12H2,1-2H3,(H,18,21). The lowest BCUT2D eigenvalue weighted by Gasteiger charge is -2.09. The van der Waals surface area contributed by atoms with Gasteiger partial charge in [0.2, 0.25) is 5.91 Å². The van der Waals surface area contributed by atoms with Crippen LogP contribution in [0, 0.1) is 5.92 Å². The molecule has 0 atom stereocenters. The van der Waals surface area contributed by atoms with Crippen LogP contribution in [0.25, 0.3) is 0 Å². The van der Waals surface area contributed by atoms with Gasteiger partial charge in [-0.25, -0.2) is 9.97 Å². The molecule has 0 unspecified atom stereocenters. The molecule has 0 saturated carbocycles. The molecule has 0 aliphatic rings. The Balaban J connectivity index is 1.89. The van der Waals surface area contributed by atoms with E-state index in [2.05, 4.69) is 29.1 Å². The average Bonchev–Trinajstić information content (AvgIpc) is 2.55. The van der Waals surface area contributed by atoms with Gasteiger partial charge in [0.1, 0.15) is 5.75 Å². The summed E-state index contributed by atoms with van der Waals surface area (Å²) in [6.07, 6.45) is 4.14. The summed E-state index contributed by atoms with van der Waals surface area (Å²) in [6.45, 7) is 4.96. The van der Waals surface area contributed by atoms with Gasteiger partial charge in [0.05, 0.1) is 5.75 Å². The van der Waals surface area contributed by atoms with Crippen LogP contribution in [0.4, 0.5) is 0 Å². The molecule has 1 aromatic heterocycles. The lowest BCUT2D eigenvalue weighted by molar-refractivity contribution is -0.118. The number of para-hydroxylation sites is 1. The van der Waals surface area contributed by atoms with Crippen molar-refractivity contribution in [1.29, 1.82) is 0 Å². The molecular formula is C17H21N3O2S. The molecule has 0 aliphatic carbocycles. The Bertz CT molecular complexity index is 620. The van der Waals surface area contributed by atoms with Crippen LogP contribution < -0.4 is 10.1 Å². The fourth-order valence-corrected chi connectivity index (χ4v) is 2.49. The Morgan fingerprint density at radius 2 is 1.96 bits per heavy atom. The normalized spacial score (nSPS) is 10.6. The number of rotatable bonds is 8. The summed E-state index contributed by atoms with van der Waals surface area (Å²) in [7, 11) is 0. The minimum absolute atomic E-state index is 0.00744. The van der Waals surface area contributed by atoms with Crippen molar-refractivity contribution in [3.8, 4) is 11.6 Å². The minimum atomic E-state index is -0.00744. The molecule has 0 bridgehead atoms. The number of hydrogen-bond donors (Lipinski definition) is 1. The van der Waals surface area contributed by atoms with E-state index in [1.165, 1.54) is 11.8 Å². The first-order valence-corrected chi connectivity index (χ1v) is 8.57. The molecule has 0 aliphatic heterocycles. The number of ether oxygens (including phenoxy) is 1. The zero-order chi connectivity index (χ0) is 16.5. The highest BCUT2D eigenvalue weighted by Gasteiger charge is 2.11. The average molecular weight is 331 g/mol. The highest BCUT2D eigenvalue weighted by molar-refractivity contribution is 8.00. The second-order valence-corrected chi connectivity index (χ2v) is 6.37. The molecule has 1 amide bonds. The number of carbonyl (C=O) groups is 1. The molecule has 0 saturated heterocycles. The van der Waals surface area contributed by atoms with Crippen molar-refractivity contribution in [2.75, 3.05) is 12.3 Å². The van der Waals surface area contributed by atoms with E-state index in [1.54, 1.807) is 12.4 Å². The number of carbonyl (C=O) groups excluding carboxylic acids is 1. The predicted molar refractivity (Wildman–Crippen MR) is 91.7 cm³/mol. The summed E-state index contributed by atoms with van der Waals surface area (Å²) in [5, 5.41) is 3.51. The van der Waals surface area contributed by atoms with Crippen LogP contribution in [0.1, 0.15) is 20.3 Å². The van der Waals surface area contributed by atoms with Crippen molar-refractivity contribution in [1.82, 2.24) is 15.3 Å². The second-order valence-electron chi connectivity index (χ2n) is 5.40. The monoisotopic (exact) mass is 331 g/mol. The van der Waals surface area contributed by atoms with Gasteiger partial charge in [-0.05, 0) is 24.5 Å². The molecule has 6 heteroatoms. The summed E-state index contributed by atoms with van der Waals surface area (Å²) in [5.41, 5.74) is 0. The Labute approximate surface area is 140 Å². The zero-order valence-corrected chi connectivity index (χ0v) is 14.2. The predicted octanol–water partition coefficient (Wildman–Crippen LogP) is 3.52. The van der Waals surface area contributed by atoms with Gasteiger partial charge in [-0.1, -0.05) is 43.8 Å². The molecule has 23 heavy (non-hydrogen) atoms. The molecule has 2 rings (SSSR count). The molecule has 0 fully saturated rings. The van der Waals surface area contributed by atoms with Crippen LogP contribution >= 0.6 is 11.8 Å². The fourth-order valence-electron chi connectivity index (χ4n) is 1.77. The van der Waals surface area contributed by atoms with Gasteiger partial charge in [0, 0.05) is 18.9 Å². The van der Waals surface area contributed by atoms with E-state index in [1.807, 2.05) is 30.3 Å². The van der Waals surface area contributed by atoms with E-state index in [0.29, 0.717) is 34.9 Å². The molecule has 1 aromatic carbocycles. The zero-order valence-electron chi connectivity index (χ0n) is 13.4. The minimum Gasteiger partial charge on any atom is -0.437 e. The molecule has 5 nitrogen and oxygen atoms in total. The van der Waals surface area contributed by atoms with Crippen molar-refractivity contribution in [2.24, 2.45) is 5.92 Å². The van der Waals surface area contributed by atoms with Crippen molar-refractivity contribution < 1.29 is 9.53 Å². The molecule has 2 aromatic rings. The van der Waals surface area contributed by atoms with Crippen molar-refractivity contribution in [3.63, 3.8) is 0 Å². The number of thioether (sulfide) groups is 1. The summed E-state index contributed by atoms with van der Waals surface area (Å²) in [4.78, 5) is 20.3. The van der Waals surface area contributed by atoms with Crippen LogP contribution in [0.15, 0.2) is 47.8 Å². The summed E-state index contributed by atoms with van der Waals surface area (Å²) < 4.78 is 5.73. The van der Waals surface area contributed by atoms with E-state index in [4.69, 9.17) is 4.74 Å². The third-order valence-electron chi connectivity index (χ3n) is 2.97. The first kappa shape index (κ1) is 17.3. The van der Waals surface area contributed by atoms with E-state index in [0.717, 1.165) is 6.42 Å². The van der Waals surface area contributed by atoms with E-state index in [-0.39, 0.29) is 5.91 Å². The number of benzene rings is 1. The third-order valence-corrected chi connectivity index (χ3v) is 3.93. The first-order valence-electron chi connectivity index (χ1n) is 7.58. The highest BCUT2D eigenvalue weighted by atomic mass is 32.2. The van der Waals surface area contributed by atoms with Gasteiger partial charge in [-0.15, -0.1) is 0 Å². The number of hydrogen-bond acceptors (Lipinski definition) is 5. The number of amides is 1. The van der Waals surface area contributed by atoms with Crippen molar-refractivity contribution in [2.45, 2.75) is 25.3 Å². The molecule has 0 radical (unpaired) electrons. The van der Waals surface area contributed by atoms with Gasteiger partial charge in [-0.2, -0.15) is 0 Å². The summed E-state index contributed by atoms with van der Waals surface area (Å²) in [5.74, 6) is 1.97. The van der Waals surface area contributed by atoms with E-state index < -0.39 is 0 Å². The van der Waals surface area contributed by atoms with Gasteiger partial charge < -0.3 is 10.1 Å². The Kier molecular flexibility index (Phi) is 6.87. The Hall–Kier alpha value is -2.08. The maximum Gasteiger partial charge on any atom is 0.252 e. The van der Waals surface area contributed by atoms with Crippen LogP contribution in [-0.2, 0) is 4.79 Å². The Morgan fingerprint density at radius 3 is 2.70 bits per heavy atom. The lowest BCUT2D eigenvalue weighted by Crippen LogP contribution is -2.26. The lowest BCUT2D eigenvalue weighted by atomic mass is 10.1. The number of nitrogens with one attached hydrogen (secondary N) is 1. The van der Waals surface area contributed by atoms with E-state index >= 15 is 0 Å². The fraction of sp³-hybridized carbons (Fsp3) is 0.353. The molecule has 1 N–H and O–H groups in total. The third kappa shape index (κ3) is 6.28. The smallest absolute Gasteiger partial charge is 0.252 e. The van der Waals surface area contributed by atoms with Crippen LogP contribution in [0.5, 0.6) is 11.6 Å². The van der Waals surface area contributed by atoms with Gasteiger partial charge in [-0.3, -0.25) is 4.79 Å². The molecule has 0 spiro atoms. The first-order chi connectivity index (χ1) is 11.1. The molecule has 122 valence electrons. The van der Waals surface area contributed by atoms with E-state index in [9.17, 15) is 4.79 Å². The Morgan fingerprint density at radius 1 is 1.22 bits per heavy atom. The summed E-state index contributed by atoms with van der Waals surface area (Å²) in [6, 6.07) is 9.39. The summed E-state index contributed by atoms with van der Waals surface area (Å²) >= 11 is 1.32. The quantitative estimate of drug-likeness (QED) is 0.750. The number of nitrogens with zero attached hydrogens (tertiary/aromatic N) is 2. The molecular weight excluding hydrogens is 310 g/mol. The van der Waals surface area contributed by atoms with Crippen molar-refractivity contribution >= 4 is 17.7 Å². The van der Waals surface area contributed by atoms with Crippen LogP contribution in [-0.4, -0.2) is 28.2 Å². The van der Waals surface area contributed by atoms with Gasteiger partial charge >= 0.3 is 0 Å². The molecule has 1 heterocycles. The SMILES string of the molecule is CC(C)CCNC(=O)CSc1nccnc1Oc1ccccc1. The van der Waals surface area contributed by atoms with Gasteiger partial charge in [0.25, 0.3) is 5.88 Å². The van der Waals surface area contributed by atoms with Gasteiger partial charge in [0.15, 0.2) is 5.03 Å². The highest BCUT2D eigenvalue weighted by Crippen LogP contribution is 2.28. The largest absolute Gasteiger partial charge is 0.437 e. The van der Waals surface area contributed by atoms with Crippen molar-refractivity contribution in [3.05, 3.63) is 42.7 Å². The maximum absolute atomic E-state index is 11.8. The maximum atomic E-state index is 11.8.